The van der Waals surface area contributed by atoms with E-state index in [1.54, 1.807) is 0 Å². The van der Waals surface area contributed by atoms with Crippen LogP contribution in [0, 0.1) is 0 Å². The van der Waals surface area contributed by atoms with Crippen LogP contribution < -0.4 is 5.32 Å². The average Bonchev–Trinajstić information content (AvgIpc) is 2.89. The molecule has 2 aromatic carbocycles. The van der Waals surface area contributed by atoms with Crippen molar-refractivity contribution >= 4 is 23.4 Å². The Bertz CT molecular complexity index is 602. The van der Waals surface area contributed by atoms with E-state index in [4.69, 9.17) is 4.74 Å². The Labute approximate surface area is 122 Å². The summed E-state index contributed by atoms with van der Waals surface area (Å²) >= 11 is 1.50. The number of thioether (sulfide) groups is 1. The summed E-state index contributed by atoms with van der Waals surface area (Å²) in [6.07, 6.45) is 0. The van der Waals surface area contributed by atoms with Gasteiger partial charge in [-0.3, -0.25) is 0 Å². The number of para-hydroxylation sites is 1. The quantitative estimate of drug-likeness (QED) is 0.874. The van der Waals surface area contributed by atoms with Crippen molar-refractivity contribution in [2.75, 3.05) is 11.9 Å². The summed E-state index contributed by atoms with van der Waals surface area (Å²) in [4.78, 5) is 12.7. The van der Waals surface area contributed by atoms with E-state index < -0.39 is 4.87 Å². The van der Waals surface area contributed by atoms with Gasteiger partial charge in [-0.1, -0.05) is 54.2 Å². The van der Waals surface area contributed by atoms with E-state index in [2.05, 4.69) is 5.32 Å². The van der Waals surface area contributed by atoms with Crippen molar-refractivity contribution in [2.45, 2.75) is 16.7 Å². The number of benzene rings is 2. The highest BCUT2D eigenvalue weighted by Gasteiger charge is 2.47. The number of hydrogen-bond donors (Lipinski definition) is 1. The van der Waals surface area contributed by atoms with E-state index in [-0.39, 0.29) is 5.97 Å². The normalized spacial score (nSPS) is 20.1. The van der Waals surface area contributed by atoms with Gasteiger partial charge in [-0.15, -0.1) is 0 Å². The van der Waals surface area contributed by atoms with Gasteiger partial charge in [-0.2, -0.15) is 0 Å². The second-order valence-corrected chi connectivity index (χ2v) is 5.75. The van der Waals surface area contributed by atoms with Crippen molar-refractivity contribution in [3.05, 3.63) is 60.2 Å². The zero-order valence-electron chi connectivity index (χ0n) is 11.1. The molecule has 2 aromatic rings. The lowest BCUT2D eigenvalue weighted by atomic mass is 10.1. The molecule has 1 N–H and O–H groups in total. The third-order valence-corrected chi connectivity index (χ3v) is 4.59. The second kappa shape index (κ2) is 5.21. The zero-order valence-corrected chi connectivity index (χ0v) is 11.9. The predicted octanol–water partition coefficient (Wildman–Crippen LogP) is 3.62. The molecule has 1 aliphatic heterocycles. The fourth-order valence-electron chi connectivity index (χ4n) is 2.29. The largest absolute Gasteiger partial charge is 0.463 e. The molecule has 1 heterocycles. The first-order chi connectivity index (χ1) is 9.76. The Hall–Kier alpha value is -1.94. The van der Waals surface area contributed by atoms with Crippen LogP contribution in [0.3, 0.4) is 0 Å². The van der Waals surface area contributed by atoms with E-state index in [1.807, 2.05) is 61.5 Å². The first kappa shape index (κ1) is 13.1. The van der Waals surface area contributed by atoms with Crippen LogP contribution in [0.4, 0.5) is 5.69 Å². The number of nitrogens with one attached hydrogen (secondary N) is 1. The summed E-state index contributed by atoms with van der Waals surface area (Å²) in [7, 11) is 0. The standard InChI is InChI=1S/C16H15NO2S/c1-2-19-15(18)16(12-8-4-3-5-9-12)17-13-10-6-7-11-14(13)20-16/h3-11,17H,2H2,1H3. The lowest BCUT2D eigenvalue weighted by Gasteiger charge is -2.27. The summed E-state index contributed by atoms with van der Waals surface area (Å²) in [5, 5.41) is 3.34. The molecule has 1 aliphatic rings. The molecule has 4 heteroatoms. The maximum Gasteiger partial charge on any atom is 0.347 e. The van der Waals surface area contributed by atoms with Gasteiger partial charge in [-0.25, -0.2) is 4.79 Å². The summed E-state index contributed by atoms with van der Waals surface area (Å²) in [5.74, 6) is -0.257. The van der Waals surface area contributed by atoms with Crippen molar-refractivity contribution in [3.63, 3.8) is 0 Å². The highest BCUT2D eigenvalue weighted by molar-refractivity contribution is 8.01. The minimum atomic E-state index is -0.888. The minimum Gasteiger partial charge on any atom is -0.463 e. The van der Waals surface area contributed by atoms with Crippen molar-refractivity contribution < 1.29 is 9.53 Å². The highest BCUT2D eigenvalue weighted by Crippen LogP contribution is 2.51. The molecule has 0 aromatic heterocycles. The fourth-order valence-corrected chi connectivity index (χ4v) is 3.55. The number of carbonyl (C=O) groups is 1. The Balaban J connectivity index is 2.06. The molecule has 0 saturated heterocycles. The van der Waals surface area contributed by atoms with Crippen LogP contribution in [0.15, 0.2) is 59.5 Å². The Kier molecular flexibility index (Phi) is 3.40. The lowest BCUT2D eigenvalue weighted by Crippen LogP contribution is -2.39. The molecule has 0 radical (unpaired) electrons. The van der Waals surface area contributed by atoms with E-state index in [0.29, 0.717) is 6.61 Å². The van der Waals surface area contributed by atoms with Crippen LogP contribution in [0.1, 0.15) is 12.5 Å². The molecule has 3 rings (SSSR count). The maximum absolute atomic E-state index is 12.5. The van der Waals surface area contributed by atoms with Gasteiger partial charge in [0.05, 0.1) is 6.61 Å². The van der Waals surface area contributed by atoms with Crippen LogP contribution in [-0.2, 0) is 14.4 Å². The van der Waals surface area contributed by atoms with Crippen molar-refractivity contribution in [3.8, 4) is 0 Å². The predicted molar refractivity (Wildman–Crippen MR) is 80.7 cm³/mol. The third kappa shape index (κ3) is 2.06. The number of rotatable bonds is 3. The van der Waals surface area contributed by atoms with Crippen molar-refractivity contribution in [1.29, 1.82) is 0 Å². The molecule has 0 aliphatic carbocycles. The number of fused-ring (bicyclic) bond motifs is 1. The molecule has 0 bridgehead atoms. The topological polar surface area (TPSA) is 38.3 Å². The lowest BCUT2D eigenvalue weighted by molar-refractivity contribution is -0.145. The molecule has 20 heavy (non-hydrogen) atoms. The minimum absolute atomic E-state index is 0.257. The van der Waals surface area contributed by atoms with Crippen molar-refractivity contribution in [2.24, 2.45) is 0 Å². The number of hydrogen-bond acceptors (Lipinski definition) is 4. The van der Waals surface area contributed by atoms with Crippen LogP contribution in [0.5, 0.6) is 0 Å². The molecular formula is C16H15NO2S. The van der Waals surface area contributed by atoms with E-state index in [0.717, 1.165) is 16.1 Å². The molecule has 0 fully saturated rings. The molecule has 0 saturated carbocycles. The van der Waals surface area contributed by atoms with Crippen LogP contribution in [0.25, 0.3) is 0 Å². The second-order valence-electron chi connectivity index (χ2n) is 4.49. The van der Waals surface area contributed by atoms with Gasteiger partial charge in [0, 0.05) is 10.6 Å². The van der Waals surface area contributed by atoms with Gasteiger partial charge in [-0.05, 0) is 24.6 Å². The van der Waals surface area contributed by atoms with E-state index in [1.165, 1.54) is 11.8 Å². The molecule has 1 unspecified atom stereocenters. The monoisotopic (exact) mass is 285 g/mol. The van der Waals surface area contributed by atoms with Crippen LogP contribution >= 0.6 is 11.8 Å². The van der Waals surface area contributed by atoms with Gasteiger partial charge in [0.15, 0.2) is 0 Å². The number of esters is 1. The van der Waals surface area contributed by atoms with Crippen LogP contribution in [-0.4, -0.2) is 12.6 Å². The highest BCUT2D eigenvalue weighted by atomic mass is 32.2. The first-order valence-corrected chi connectivity index (χ1v) is 7.37. The molecule has 1 atom stereocenters. The maximum atomic E-state index is 12.5. The van der Waals surface area contributed by atoms with Gasteiger partial charge in [0.1, 0.15) is 0 Å². The first-order valence-electron chi connectivity index (χ1n) is 6.55. The van der Waals surface area contributed by atoms with Gasteiger partial charge >= 0.3 is 5.97 Å². The van der Waals surface area contributed by atoms with Crippen molar-refractivity contribution in [1.82, 2.24) is 0 Å². The molecule has 3 nitrogen and oxygen atoms in total. The van der Waals surface area contributed by atoms with E-state index >= 15 is 0 Å². The Morgan fingerprint density at radius 1 is 1.15 bits per heavy atom. The summed E-state index contributed by atoms with van der Waals surface area (Å²) in [5.41, 5.74) is 1.87. The van der Waals surface area contributed by atoms with Gasteiger partial charge in [0.2, 0.25) is 4.87 Å². The third-order valence-electron chi connectivity index (χ3n) is 3.20. The fraction of sp³-hybridized carbons (Fsp3) is 0.188. The molecule has 0 amide bonds. The van der Waals surface area contributed by atoms with Gasteiger partial charge < -0.3 is 10.1 Å². The number of ether oxygens (including phenoxy) is 1. The summed E-state index contributed by atoms with van der Waals surface area (Å²) in [6.45, 7) is 2.19. The Morgan fingerprint density at radius 2 is 1.85 bits per heavy atom. The molecular weight excluding hydrogens is 270 g/mol. The molecule has 0 spiro atoms. The number of carbonyl (C=O) groups excluding carboxylic acids is 1. The number of anilines is 1. The zero-order chi connectivity index (χ0) is 14.0. The molecule has 102 valence electrons. The van der Waals surface area contributed by atoms with Crippen LogP contribution in [0.2, 0.25) is 0 Å². The summed E-state index contributed by atoms with van der Waals surface area (Å²) in [6, 6.07) is 17.6. The summed E-state index contributed by atoms with van der Waals surface area (Å²) < 4.78 is 5.29. The smallest absolute Gasteiger partial charge is 0.347 e. The average molecular weight is 285 g/mol. The SMILES string of the molecule is CCOC(=O)C1(c2ccccc2)Nc2ccccc2S1. The van der Waals surface area contributed by atoms with E-state index in [9.17, 15) is 4.79 Å². The Morgan fingerprint density at radius 3 is 2.55 bits per heavy atom. The van der Waals surface area contributed by atoms with Gasteiger partial charge in [0.25, 0.3) is 0 Å².